The van der Waals surface area contributed by atoms with Crippen LogP contribution < -0.4 is 5.73 Å². The molecular weight excluding hydrogens is 342 g/mol. The first-order valence-corrected chi connectivity index (χ1v) is 9.21. The van der Waals surface area contributed by atoms with Gasteiger partial charge in [-0.1, -0.05) is 36.0 Å². The summed E-state index contributed by atoms with van der Waals surface area (Å²) in [5.74, 6) is 1.80. The highest BCUT2D eigenvalue weighted by Crippen LogP contribution is 2.37. The molecule has 1 aliphatic heterocycles. The summed E-state index contributed by atoms with van der Waals surface area (Å²) < 4.78 is 0. The number of carbonyl (C=O) groups excluding carboxylic acids is 1. The molecule has 1 saturated carbocycles. The maximum atomic E-state index is 12.5. The van der Waals surface area contributed by atoms with Crippen LogP contribution >= 0.6 is 24.2 Å². The molecule has 2 aromatic rings. The van der Waals surface area contributed by atoms with Crippen molar-refractivity contribution in [3.05, 3.63) is 36.5 Å². The third-order valence-corrected chi connectivity index (χ3v) is 6.22. The van der Waals surface area contributed by atoms with Gasteiger partial charge >= 0.3 is 0 Å². The summed E-state index contributed by atoms with van der Waals surface area (Å²) in [6, 6.07) is 10.5. The minimum absolute atomic E-state index is 0. The first kappa shape index (κ1) is 17.5. The van der Waals surface area contributed by atoms with E-state index in [0.717, 1.165) is 29.9 Å². The number of fused-ring (bicyclic) bond motifs is 2. The second kappa shape index (κ2) is 7.30. The molecular formula is C18H22ClN3OS. The third-order valence-electron chi connectivity index (χ3n) is 5.23. The SMILES string of the molecule is Cl.NC1CCC2CN(C(=O)CSc3nccc4ccccc34)CC12. The van der Waals surface area contributed by atoms with Gasteiger partial charge in [-0.15, -0.1) is 12.4 Å². The van der Waals surface area contributed by atoms with E-state index in [4.69, 9.17) is 5.73 Å². The Bertz CT molecular complexity index is 736. The highest BCUT2D eigenvalue weighted by atomic mass is 35.5. The van der Waals surface area contributed by atoms with E-state index >= 15 is 0 Å². The van der Waals surface area contributed by atoms with Crippen LogP contribution in [0.4, 0.5) is 0 Å². The fourth-order valence-corrected chi connectivity index (χ4v) is 4.86. The van der Waals surface area contributed by atoms with Gasteiger partial charge < -0.3 is 10.6 Å². The molecule has 2 fully saturated rings. The Labute approximate surface area is 152 Å². The lowest BCUT2D eigenvalue weighted by atomic mass is 9.98. The van der Waals surface area contributed by atoms with Crippen LogP contribution in [0.15, 0.2) is 41.6 Å². The zero-order valence-corrected chi connectivity index (χ0v) is 15.1. The molecule has 0 spiro atoms. The Kier molecular flexibility index (Phi) is 5.33. The Morgan fingerprint density at radius 1 is 1.25 bits per heavy atom. The van der Waals surface area contributed by atoms with E-state index in [0.29, 0.717) is 17.6 Å². The van der Waals surface area contributed by atoms with Crippen molar-refractivity contribution < 1.29 is 4.79 Å². The molecule has 2 N–H and O–H groups in total. The van der Waals surface area contributed by atoms with Crippen molar-refractivity contribution in [3.63, 3.8) is 0 Å². The first-order chi connectivity index (χ1) is 11.2. The first-order valence-electron chi connectivity index (χ1n) is 8.22. The quantitative estimate of drug-likeness (QED) is 0.852. The maximum Gasteiger partial charge on any atom is 0.233 e. The van der Waals surface area contributed by atoms with Crippen molar-refractivity contribution >= 4 is 40.8 Å². The monoisotopic (exact) mass is 363 g/mol. The number of nitrogens with zero attached hydrogens (tertiary/aromatic N) is 2. The summed E-state index contributed by atoms with van der Waals surface area (Å²) in [5.41, 5.74) is 6.16. The number of aromatic nitrogens is 1. The molecule has 128 valence electrons. The summed E-state index contributed by atoms with van der Waals surface area (Å²) in [5, 5.41) is 3.22. The topological polar surface area (TPSA) is 59.2 Å². The van der Waals surface area contributed by atoms with Gasteiger partial charge in [0, 0.05) is 30.7 Å². The Morgan fingerprint density at radius 3 is 2.92 bits per heavy atom. The minimum atomic E-state index is 0. The molecule has 2 aliphatic rings. The predicted molar refractivity (Wildman–Crippen MR) is 100 cm³/mol. The van der Waals surface area contributed by atoms with Gasteiger partial charge in [0.15, 0.2) is 0 Å². The molecule has 6 heteroatoms. The molecule has 4 rings (SSSR count). The molecule has 1 aromatic carbocycles. The van der Waals surface area contributed by atoms with Gasteiger partial charge in [0.2, 0.25) is 5.91 Å². The Morgan fingerprint density at radius 2 is 2.08 bits per heavy atom. The largest absolute Gasteiger partial charge is 0.341 e. The standard InChI is InChI=1S/C18H21N3OS.ClH/c19-16-6-5-13-9-21(10-15(13)16)17(22)11-23-18-14-4-2-1-3-12(14)7-8-20-18;/h1-4,7-8,13,15-16H,5-6,9-11,19H2;1H. The lowest BCUT2D eigenvalue weighted by Gasteiger charge is -2.18. The van der Waals surface area contributed by atoms with Crippen LogP contribution in [0.5, 0.6) is 0 Å². The predicted octanol–water partition coefficient (Wildman–Crippen LogP) is 2.94. The number of hydrogen-bond donors (Lipinski definition) is 1. The van der Waals surface area contributed by atoms with Crippen LogP contribution in [0.1, 0.15) is 12.8 Å². The van der Waals surface area contributed by atoms with Gasteiger partial charge in [-0.05, 0) is 36.1 Å². The van der Waals surface area contributed by atoms with Crippen molar-refractivity contribution in [1.29, 1.82) is 0 Å². The normalized spacial score (nSPS) is 25.5. The van der Waals surface area contributed by atoms with E-state index in [9.17, 15) is 4.79 Å². The molecule has 4 nitrogen and oxygen atoms in total. The van der Waals surface area contributed by atoms with Crippen LogP contribution in [0, 0.1) is 11.8 Å². The number of amides is 1. The number of halogens is 1. The van der Waals surface area contributed by atoms with E-state index < -0.39 is 0 Å². The second-order valence-electron chi connectivity index (χ2n) is 6.59. The zero-order chi connectivity index (χ0) is 15.8. The number of pyridine rings is 1. The smallest absolute Gasteiger partial charge is 0.233 e. The summed E-state index contributed by atoms with van der Waals surface area (Å²) in [6.45, 7) is 1.73. The van der Waals surface area contributed by atoms with Gasteiger partial charge in [0.05, 0.1) is 5.75 Å². The number of thioether (sulfide) groups is 1. The number of rotatable bonds is 3. The van der Waals surface area contributed by atoms with Gasteiger partial charge in [-0.3, -0.25) is 4.79 Å². The van der Waals surface area contributed by atoms with E-state index in [2.05, 4.69) is 17.1 Å². The Balaban J connectivity index is 0.00000169. The molecule has 24 heavy (non-hydrogen) atoms. The van der Waals surface area contributed by atoms with Crippen molar-refractivity contribution in [3.8, 4) is 0 Å². The van der Waals surface area contributed by atoms with Gasteiger partial charge in [0.1, 0.15) is 5.03 Å². The molecule has 0 radical (unpaired) electrons. The van der Waals surface area contributed by atoms with Crippen molar-refractivity contribution in [2.45, 2.75) is 23.9 Å². The highest BCUT2D eigenvalue weighted by Gasteiger charge is 2.42. The van der Waals surface area contributed by atoms with Crippen LogP contribution in [0.25, 0.3) is 10.8 Å². The fourth-order valence-electron chi connectivity index (χ4n) is 3.94. The van der Waals surface area contributed by atoms with E-state index in [1.165, 1.54) is 11.8 Å². The molecule has 3 atom stereocenters. The van der Waals surface area contributed by atoms with E-state index in [1.807, 2.05) is 29.3 Å². The summed E-state index contributed by atoms with van der Waals surface area (Å²) in [4.78, 5) is 19.0. The summed E-state index contributed by atoms with van der Waals surface area (Å²) in [7, 11) is 0. The maximum absolute atomic E-state index is 12.5. The number of carbonyl (C=O) groups is 1. The zero-order valence-electron chi connectivity index (χ0n) is 13.4. The third kappa shape index (κ3) is 3.25. The number of hydrogen-bond acceptors (Lipinski definition) is 4. The minimum Gasteiger partial charge on any atom is -0.341 e. The van der Waals surface area contributed by atoms with Crippen LogP contribution in [0.3, 0.4) is 0 Å². The Hall–Kier alpha value is -1.30. The molecule has 0 bridgehead atoms. The molecule has 1 amide bonds. The van der Waals surface area contributed by atoms with Crippen molar-refractivity contribution in [1.82, 2.24) is 9.88 Å². The average Bonchev–Trinajstić information content (AvgIpc) is 3.15. The molecule has 2 heterocycles. The van der Waals surface area contributed by atoms with Crippen LogP contribution in [-0.4, -0.2) is 40.7 Å². The number of likely N-dealkylation sites (tertiary alicyclic amines) is 1. The van der Waals surface area contributed by atoms with Gasteiger partial charge in [-0.2, -0.15) is 0 Å². The van der Waals surface area contributed by atoms with E-state index in [-0.39, 0.29) is 24.4 Å². The van der Waals surface area contributed by atoms with Gasteiger partial charge in [0.25, 0.3) is 0 Å². The van der Waals surface area contributed by atoms with Crippen molar-refractivity contribution in [2.24, 2.45) is 17.6 Å². The molecule has 1 aromatic heterocycles. The molecule has 1 aliphatic carbocycles. The highest BCUT2D eigenvalue weighted by molar-refractivity contribution is 8.00. The summed E-state index contributed by atoms with van der Waals surface area (Å²) in [6.07, 6.45) is 4.11. The fraction of sp³-hybridized carbons (Fsp3) is 0.444. The number of nitrogens with two attached hydrogens (primary N) is 1. The molecule has 1 saturated heterocycles. The average molecular weight is 364 g/mol. The lowest BCUT2D eigenvalue weighted by molar-refractivity contribution is -0.127. The van der Waals surface area contributed by atoms with Crippen LogP contribution in [0.2, 0.25) is 0 Å². The van der Waals surface area contributed by atoms with Gasteiger partial charge in [-0.25, -0.2) is 4.98 Å². The van der Waals surface area contributed by atoms with E-state index in [1.54, 1.807) is 11.8 Å². The van der Waals surface area contributed by atoms with Crippen LogP contribution in [-0.2, 0) is 4.79 Å². The summed E-state index contributed by atoms with van der Waals surface area (Å²) >= 11 is 1.54. The number of benzene rings is 1. The van der Waals surface area contributed by atoms with Crippen molar-refractivity contribution in [2.75, 3.05) is 18.8 Å². The second-order valence-corrected chi connectivity index (χ2v) is 7.55. The molecule has 3 unspecified atom stereocenters. The lowest BCUT2D eigenvalue weighted by Crippen LogP contribution is -2.34.